The van der Waals surface area contributed by atoms with Gasteiger partial charge in [0.1, 0.15) is 0 Å². The standard InChI is InChI=1S/C19H15ClN2O2/c20-17-13-7-8-14-18(17)24-21-19(23)22(15-9-3-1-4-10-15)16-11-5-2-6-12-16/h1-14H,(H,21,23). The number of carbonyl (C=O) groups is 1. The number of anilines is 2. The monoisotopic (exact) mass is 338 g/mol. The molecule has 5 heteroatoms. The SMILES string of the molecule is O=C(NOc1ccccc1Cl)N(c1ccccc1)c1ccccc1. The zero-order valence-electron chi connectivity index (χ0n) is 12.7. The van der Waals surface area contributed by atoms with Crippen LogP contribution in [-0.4, -0.2) is 6.03 Å². The quantitative estimate of drug-likeness (QED) is 0.666. The van der Waals surface area contributed by atoms with Gasteiger partial charge in [-0.15, -0.1) is 0 Å². The van der Waals surface area contributed by atoms with Crippen molar-refractivity contribution in [3.63, 3.8) is 0 Å². The highest BCUT2D eigenvalue weighted by molar-refractivity contribution is 6.32. The Kier molecular flexibility index (Phi) is 4.99. The van der Waals surface area contributed by atoms with E-state index in [9.17, 15) is 4.79 Å². The predicted molar refractivity (Wildman–Crippen MR) is 95.6 cm³/mol. The molecule has 0 unspecified atom stereocenters. The number of nitrogens with one attached hydrogen (secondary N) is 1. The van der Waals surface area contributed by atoms with Crippen molar-refractivity contribution >= 4 is 29.0 Å². The van der Waals surface area contributed by atoms with Gasteiger partial charge in [-0.2, -0.15) is 5.48 Å². The molecule has 3 rings (SSSR count). The Hall–Kier alpha value is -2.98. The third-order valence-corrected chi connectivity index (χ3v) is 3.63. The van der Waals surface area contributed by atoms with Gasteiger partial charge in [0.2, 0.25) is 0 Å². The molecule has 0 aliphatic heterocycles. The van der Waals surface area contributed by atoms with Crippen LogP contribution in [0.15, 0.2) is 84.9 Å². The number of hydrogen-bond acceptors (Lipinski definition) is 2. The molecule has 120 valence electrons. The minimum Gasteiger partial charge on any atom is -0.376 e. The summed E-state index contributed by atoms with van der Waals surface area (Å²) in [5.74, 6) is 0.383. The number of para-hydroxylation sites is 3. The molecule has 3 aromatic carbocycles. The van der Waals surface area contributed by atoms with Gasteiger partial charge in [-0.3, -0.25) is 4.90 Å². The predicted octanol–water partition coefficient (Wildman–Crippen LogP) is 5.18. The number of nitrogens with zero attached hydrogens (tertiary/aromatic N) is 1. The lowest BCUT2D eigenvalue weighted by Crippen LogP contribution is -2.38. The van der Waals surface area contributed by atoms with E-state index in [0.717, 1.165) is 11.4 Å². The molecular weight excluding hydrogens is 324 g/mol. The first-order valence-corrected chi connectivity index (χ1v) is 7.75. The van der Waals surface area contributed by atoms with Crippen molar-refractivity contribution in [2.24, 2.45) is 0 Å². The summed E-state index contributed by atoms with van der Waals surface area (Å²) >= 11 is 6.03. The summed E-state index contributed by atoms with van der Waals surface area (Å²) in [6.07, 6.45) is 0. The Morgan fingerprint density at radius 1 is 0.792 bits per heavy atom. The molecule has 3 aromatic rings. The number of rotatable bonds is 4. The van der Waals surface area contributed by atoms with Gasteiger partial charge in [0.15, 0.2) is 5.75 Å². The average Bonchev–Trinajstić information content (AvgIpc) is 2.63. The maximum absolute atomic E-state index is 12.7. The van der Waals surface area contributed by atoms with Gasteiger partial charge in [0, 0.05) is 0 Å². The zero-order valence-corrected chi connectivity index (χ0v) is 13.5. The molecule has 0 saturated heterocycles. The molecule has 0 aromatic heterocycles. The Labute approximate surface area is 145 Å². The van der Waals surface area contributed by atoms with E-state index in [1.165, 1.54) is 4.90 Å². The summed E-state index contributed by atoms with van der Waals surface area (Å²) < 4.78 is 0. The molecule has 0 aliphatic carbocycles. The highest BCUT2D eigenvalue weighted by Crippen LogP contribution is 2.26. The number of hydrogen-bond donors (Lipinski definition) is 1. The summed E-state index contributed by atoms with van der Waals surface area (Å²) in [6.45, 7) is 0. The van der Waals surface area contributed by atoms with Crippen molar-refractivity contribution in [2.45, 2.75) is 0 Å². The van der Waals surface area contributed by atoms with Crippen LogP contribution in [0.1, 0.15) is 0 Å². The van der Waals surface area contributed by atoms with Crippen LogP contribution in [0.2, 0.25) is 5.02 Å². The van der Waals surface area contributed by atoms with E-state index in [1.807, 2.05) is 60.7 Å². The van der Waals surface area contributed by atoms with Crippen molar-refractivity contribution in [2.75, 3.05) is 4.90 Å². The average molecular weight is 339 g/mol. The zero-order chi connectivity index (χ0) is 16.8. The molecule has 24 heavy (non-hydrogen) atoms. The summed E-state index contributed by atoms with van der Waals surface area (Å²) in [7, 11) is 0. The normalized spacial score (nSPS) is 10.0. The van der Waals surface area contributed by atoms with Crippen LogP contribution in [0.4, 0.5) is 16.2 Å². The molecule has 1 N–H and O–H groups in total. The largest absolute Gasteiger partial charge is 0.376 e. The lowest BCUT2D eigenvalue weighted by atomic mass is 10.2. The third kappa shape index (κ3) is 3.67. The van der Waals surface area contributed by atoms with E-state index in [2.05, 4.69) is 5.48 Å². The van der Waals surface area contributed by atoms with E-state index in [4.69, 9.17) is 16.4 Å². The van der Waals surface area contributed by atoms with Crippen molar-refractivity contribution < 1.29 is 9.63 Å². The minimum absolute atomic E-state index is 0.383. The number of benzene rings is 3. The van der Waals surface area contributed by atoms with Crippen molar-refractivity contribution in [1.29, 1.82) is 0 Å². The van der Waals surface area contributed by atoms with Crippen LogP contribution in [0.5, 0.6) is 5.75 Å². The van der Waals surface area contributed by atoms with Gasteiger partial charge in [-0.05, 0) is 36.4 Å². The highest BCUT2D eigenvalue weighted by Gasteiger charge is 2.18. The molecule has 0 saturated carbocycles. The van der Waals surface area contributed by atoms with E-state index in [0.29, 0.717) is 10.8 Å². The van der Waals surface area contributed by atoms with Crippen LogP contribution in [-0.2, 0) is 0 Å². The molecule has 0 fully saturated rings. The van der Waals surface area contributed by atoms with Gasteiger partial charge in [0.25, 0.3) is 0 Å². The molecule has 0 spiro atoms. The van der Waals surface area contributed by atoms with E-state index in [-0.39, 0.29) is 0 Å². The molecule has 4 nitrogen and oxygen atoms in total. The number of hydroxylamine groups is 1. The first kappa shape index (κ1) is 15.9. The lowest BCUT2D eigenvalue weighted by Gasteiger charge is -2.23. The fourth-order valence-electron chi connectivity index (χ4n) is 2.21. The van der Waals surface area contributed by atoms with Gasteiger partial charge < -0.3 is 4.84 Å². The fourth-order valence-corrected chi connectivity index (χ4v) is 2.38. The van der Waals surface area contributed by atoms with Gasteiger partial charge >= 0.3 is 6.03 Å². The van der Waals surface area contributed by atoms with Crippen molar-refractivity contribution in [1.82, 2.24) is 5.48 Å². The van der Waals surface area contributed by atoms with Crippen molar-refractivity contribution in [3.8, 4) is 5.75 Å². The third-order valence-electron chi connectivity index (χ3n) is 3.32. The van der Waals surface area contributed by atoms with Crippen LogP contribution in [0.3, 0.4) is 0 Å². The van der Waals surface area contributed by atoms with Gasteiger partial charge in [-0.1, -0.05) is 60.1 Å². The smallest absolute Gasteiger partial charge is 0.359 e. The number of halogens is 1. The molecule has 2 amide bonds. The molecular formula is C19H15ClN2O2. The van der Waals surface area contributed by atoms with Crippen LogP contribution < -0.4 is 15.2 Å². The second kappa shape index (κ2) is 7.53. The Morgan fingerprint density at radius 3 is 1.83 bits per heavy atom. The first-order valence-electron chi connectivity index (χ1n) is 7.37. The van der Waals surface area contributed by atoms with Crippen LogP contribution in [0, 0.1) is 0 Å². The first-order chi connectivity index (χ1) is 11.8. The number of carbonyl (C=O) groups excluding carboxylic acids is 1. The summed E-state index contributed by atoms with van der Waals surface area (Å²) in [4.78, 5) is 19.5. The van der Waals surface area contributed by atoms with Crippen molar-refractivity contribution in [3.05, 3.63) is 90.0 Å². The second-order valence-electron chi connectivity index (χ2n) is 4.95. The molecule has 0 radical (unpaired) electrons. The minimum atomic E-state index is -0.424. The maximum Gasteiger partial charge on any atom is 0.359 e. The Balaban J connectivity index is 1.83. The molecule has 0 atom stereocenters. The highest BCUT2D eigenvalue weighted by atomic mass is 35.5. The second-order valence-corrected chi connectivity index (χ2v) is 5.35. The van der Waals surface area contributed by atoms with E-state index >= 15 is 0 Å². The van der Waals surface area contributed by atoms with E-state index in [1.54, 1.807) is 24.3 Å². The van der Waals surface area contributed by atoms with Crippen LogP contribution in [0.25, 0.3) is 0 Å². The number of amides is 2. The fraction of sp³-hybridized carbons (Fsp3) is 0. The topological polar surface area (TPSA) is 41.6 Å². The number of urea groups is 1. The summed E-state index contributed by atoms with van der Waals surface area (Å²) in [5, 5.41) is 0.420. The Bertz CT molecular complexity index is 770. The lowest BCUT2D eigenvalue weighted by molar-refractivity contribution is 0.185. The van der Waals surface area contributed by atoms with Gasteiger partial charge in [0.05, 0.1) is 16.4 Å². The van der Waals surface area contributed by atoms with Gasteiger partial charge in [-0.25, -0.2) is 4.79 Å². The molecule has 0 aliphatic rings. The Morgan fingerprint density at radius 2 is 1.29 bits per heavy atom. The molecule has 0 bridgehead atoms. The van der Waals surface area contributed by atoms with Crippen LogP contribution >= 0.6 is 11.6 Å². The molecule has 0 heterocycles. The maximum atomic E-state index is 12.7. The van der Waals surface area contributed by atoms with E-state index < -0.39 is 6.03 Å². The summed E-state index contributed by atoms with van der Waals surface area (Å²) in [6, 6.07) is 25.2. The summed E-state index contributed by atoms with van der Waals surface area (Å²) in [5.41, 5.74) is 3.89.